The highest BCUT2D eigenvalue weighted by molar-refractivity contribution is 14.1. The summed E-state index contributed by atoms with van der Waals surface area (Å²) in [6.45, 7) is 3.00. The number of sulfonamides is 1. The van der Waals surface area contributed by atoms with Gasteiger partial charge in [-0.2, -0.15) is 0 Å². The summed E-state index contributed by atoms with van der Waals surface area (Å²) in [6.07, 6.45) is 0. The Morgan fingerprint density at radius 3 is 2.41 bits per heavy atom. The van der Waals surface area contributed by atoms with Crippen LogP contribution in [0.1, 0.15) is 24.2 Å². The molecule has 0 aliphatic carbocycles. The van der Waals surface area contributed by atoms with E-state index in [-0.39, 0.29) is 5.56 Å². The highest BCUT2D eigenvalue weighted by Gasteiger charge is 2.20. The van der Waals surface area contributed by atoms with Gasteiger partial charge in [0.15, 0.2) is 0 Å². The van der Waals surface area contributed by atoms with Gasteiger partial charge in [0.2, 0.25) is 10.0 Å². The summed E-state index contributed by atoms with van der Waals surface area (Å²) in [7, 11) is -3.61. The molecule has 1 aromatic carbocycles. The molecule has 5 nitrogen and oxygen atoms in total. The van der Waals surface area contributed by atoms with E-state index in [2.05, 4.69) is 0 Å². The molecule has 1 amide bonds. The fourth-order valence-electron chi connectivity index (χ4n) is 1.05. The lowest BCUT2D eigenvalue weighted by atomic mass is 10.2. The largest absolute Gasteiger partial charge is 0.399 e. The Balaban J connectivity index is 2.99. The number of carbonyl (C=O) groups excluding carboxylic acids is 1. The number of hydrogen-bond donors (Lipinski definition) is 2. The van der Waals surface area contributed by atoms with Crippen molar-refractivity contribution in [1.29, 1.82) is 0 Å². The average molecular weight is 368 g/mol. The van der Waals surface area contributed by atoms with Crippen molar-refractivity contribution in [3.63, 3.8) is 0 Å². The number of nitrogen functional groups attached to an aromatic ring is 1. The van der Waals surface area contributed by atoms with Crippen molar-refractivity contribution >= 4 is 44.2 Å². The number of amides is 1. The summed E-state index contributed by atoms with van der Waals surface area (Å²) < 4.78 is 25.8. The number of hydrogen-bond acceptors (Lipinski definition) is 4. The van der Waals surface area contributed by atoms with Gasteiger partial charge in [-0.15, -0.1) is 0 Å². The fourth-order valence-corrected chi connectivity index (χ4v) is 2.36. The van der Waals surface area contributed by atoms with Crippen LogP contribution in [0, 0.1) is 3.57 Å². The molecular formula is C10H13IN2O3S. The van der Waals surface area contributed by atoms with E-state index in [0.717, 1.165) is 3.57 Å². The van der Waals surface area contributed by atoms with E-state index < -0.39 is 21.2 Å². The Morgan fingerprint density at radius 2 is 1.94 bits per heavy atom. The zero-order chi connectivity index (χ0) is 13.2. The molecule has 94 valence electrons. The summed E-state index contributed by atoms with van der Waals surface area (Å²) in [5.41, 5.74) is 6.24. The van der Waals surface area contributed by atoms with Gasteiger partial charge in [0.05, 0.1) is 5.25 Å². The van der Waals surface area contributed by atoms with Crippen molar-refractivity contribution in [1.82, 2.24) is 4.72 Å². The Kier molecular flexibility index (Phi) is 4.36. The second kappa shape index (κ2) is 5.21. The quantitative estimate of drug-likeness (QED) is 0.623. The smallest absolute Gasteiger partial charge is 0.264 e. The van der Waals surface area contributed by atoms with Crippen molar-refractivity contribution < 1.29 is 13.2 Å². The Bertz CT molecular complexity index is 520. The number of anilines is 1. The van der Waals surface area contributed by atoms with E-state index in [1.54, 1.807) is 12.1 Å². The monoisotopic (exact) mass is 368 g/mol. The maximum absolute atomic E-state index is 11.7. The SMILES string of the molecule is CC(C)S(=O)(=O)NC(=O)c1cc(N)cc(I)c1. The maximum atomic E-state index is 11.7. The molecule has 0 atom stereocenters. The number of nitrogens with two attached hydrogens (primary N) is 1. The van der Waals surface area contributed by atoms with Crippen molar-refractivity contribution in [3.05, 3.63) is 27.3 Å². The molecule has 0 spiro atoms. The maximum Gasteiger partial charge on any atom is 0.264 e. The molecule has 0 aliphatic rings. The number of rotatable bonds is 3. The topological polar surface area (TPSA) is 89.3 Å². The van der Waals surface area contributed by atoms with Gasteiger partial charge in [-0.3, -0.25) is 4.79 Å². The van der Waals surface area contributed by atoms with Crippen LogP contribution >= 0.6 is 22.6 Å². The van der Waals surface area contributed by atoms with E-state index in [4.69, 9.17) is 5.73 Å². The Hall–Kier alpha value is -0.830. The molecule has 0 heterocycles. The third-order valence-electron chi connectivity index (χ3n) is 2.04. The zero-order valence-corrected chi connectivity index (χ0v) is 12.4. The third-order valence-corrected chi connectivity index (χ3v) is 4.37. The standard InChI is InChI=1S/C10H13IN2O3S/c1-6(2)17(15,16)13-10(14)7-3-8(11)5-9(12)4-7/h3-6H,12H2,1-2H3,(H,13,14). The normalized spacial score (nSPS) is 11.5. The van der Waals surface area contributed by atoms with E-state index >= 15 is 0 Å². The molecule has 1 rings (SSSR count). The summed E-state index contributed by atoms with van der Waals surface area (Å²) >= 11 is 2.01. The number of nitrogens with one attached hydrogen (secondary N) is 1. The minimum absolute atomic E-state index is 0.235. The van der Waals surface area contributed by atoms with E-state index in [0.29, 0.717) is 5.69 Å². The van der Waals surface area contributed by atoms with Gasteiger partial charge in [-0.1, -0.05) is 0 Å². The first-order valence-corrected chi connectivity index (χ1v) is 7.47. The third kappa shape index (κ3) is 3.84. The van der Waals surface area contributed by atoms with Gasteiger partial charge >= 0.3 is 0 Å². The predicted molar refractivity (Wildman–Crippen MR) is 75.1 cm³/mol. The lowest BCUT2D eigenvalue weighted by molar-refractivity contribution is 0.0981. The first kappa shape index (κ1) is 14.2. The zero-order valence-electron chi connectivity index (χ0n) is 9.40. The molecule has 0 aromatic heterocycles. The van der Waals surface area contributed by atoms with E-state index in [1.807, 2.05) is 27.3 Å². The van der Waals surface area contributed by atoms with Crippen LogP contribution in [0.15, 0.2) is 18.2 Å². The minimum atomic E-state index is -3.61. The van der Waals surface area contributed by atoms with E-state index in [9.17, 15) is 13.2 Å². The summed E-state index contributed by atoms with van der Waals surface area (Å²) in [4.78, 5) is 11.7. The van der Waals surface area contributed by atoms with Gasteiger partial charge < -0.3 is 5.73 Å². The van der Waals surface area contributed by atoms with Crippen LogP contribution in [-0.2, 0) is 10.0 Å². The van der Waals surface area contributed by atoms with Crippen LogP contribution in [0.2, 0.25) is 0 Å². The van der Waals surface area contributed by atoms with Gasteiger partial charge in [0.25, 0.3) is 5.91 Å². The fraction of sp³-hybridized carbons (Fsp3) is 0.300. The van der Waals surface area contributed by atoms with Crippen LogP contribution in [0.4, 0.5) is 5.69 Å². The summed E-state index contributed by atoms with van der Waals surface area (Å²) in [5.74, 6) is -0.663. The van der Waals surface area contributed by atoms with Crippen LogP contribution in [-0.4, -0.2) is 19.6 Å². The molecule has 0 bridgehead atoms. The predicted octanol–water partition coefficient (Wildman–Crippen LogP) is 1.34. The van der Waals surface area contributed by atoms with Crippen molar-refractivity contribution in [3.8, 4) is 0 Å². The highest BCUT2D eigenvalue weighted by atomic mass is 127. The Labute approximate surface area is 114 Å². The molecule has 0 fully saturated rings. The summed E-state index contributed by atoms with van der Waals surface area (Å²) in [5, 5.41) is -0.661. The first-order chi connectivity index (χ1) is 7.72. The summed E-state index contributed by atoms with van der Waals surface area (Å²) in [6, 6.07) is 4.70. The lowest BCUT2D eigenvalue weighted by Gasteiger charge is -2.10. The molecule has 0 aliphatic heterocycles. The number of benzene rings is 1. The molecule has 3 N–H and O–H groups in total. The van der Waals surface area contributed by atoms with Gasteiger partial charge in [0.1, 0.15) is 0 Å². The average Bonchev–Trinajstić information content (AvgIpc) is 2.15. The van der Waals surface area contributed by atoms with Gasteiger partial charge in [-0.05, 0) is 54.6 Å². The number of carbonyl (C=O) groups is 1. The Morgan fingerprint density at radius 1 is 1.35 bits per heavy atom. The van der Waals surface area contributed by atoms with Crippen LogP contribution < -0.4 is 10.5 Å². The minimum Gasteiger partial charge on any atom is -0.399 e. The van der Waals surface area contributed by atoms with Gasteiger partial charge in [-0.25, -0.2) is 13.1 Å². The molecule has 17 heavy (non-hydrogen) atoms. The highest BCUT2D eigenvalue weighted by Crippen LogP contribution is 2.14. The first-order valence-electron chi connectivity index (χ1n) is 4.84. The molecule has 0 saturated carbocycles. The van der Waals surface area contributed by atoms with Gasteiger partial charge in [0, 0.05) is 14.8 Å². The van der Waals surface area contributed by atoms with E-state index in [1.165, 1.54) is 19.9 Å². The molecule has 0 saturated heterocycles. The lowest BCUT2D eigenvalue weighted by Crippen LogP contribution is -2.35. The number of halogens is 1. The molecule has 1 aromatic rings. The molecular weight excluding hydrogens is 355 g/mol. The van der Waals surface area contributed by atoms with Crippen molar-refractivity contribution in [2.45, 2.75) is 19.1 Å². The molecule has 0 radical (unpaired) electrons. The molecule has 7 heteroatoms. The second-order valence-corrected chi connectivity index (χ2v) is 7.28. The molecule has 0 unspecified atom stereocenters. The van der Waals surface area contributed by atoms with Crippen molar-refractivity contribution in [2.24, 2.45) is 0 Å². The van der Waals surface area contributed by atoms with Crippen LogP contribution in [0.25, 0.3) is 0 Å². The van der Waals surface area contributed by atoms with Crippen molar-refractivity contribution in [2.75, 3.05) is 5.73 Å². The second-order valence-electron chi connectivity index (χ2n) is 3.80. The van der Waals surface area contributed by atoms with Crippen LogP contribution in [0.3, 0.4) is 0 Å². The van der Waals surface area contributed by atoms with Crippen LogP contribution in [0.5, 0.6) is 0 Å².